The second-order valence-corrected chi connectivity index (χ2v) is 7.57. The fraction of sp³-hybridized carbons (Fsp3) is 0.321. The maximum Gasteiger partial charge on any atom is 0.106 e. The molecular weight excluding hydrogens is 394 g/mol. The van der Waals surface area contributed by atoms with E-state index in [1.165, 1.54) is 47.7 Å². The number of hydrogen-bond donors (Lipinski definition) is 3. The van der Waals surface area contributed by atoms with E-state index in [2.05, 4.69) is 96.9 Å². The zero-order valence-corrected chi connectivity index (χ0v) is 19.5. The third-order valence-corrected chi connectivity index (χ3v) is 5.35. The predicted molar refractivity (Wildman–Crippen MR) is 140 cm³/mol. The SMILES string of the molecule is C=C.C=C(NCC1CCNCC1)c1ccc2[nH]ccc2c1.C=O.CCCc1ccccc1. The number of hydrogen-bond acceptors (Lipinski definition) is 3. The maximum atomic E-state index is 8.00. The topological polar surface area (TPSA) is 56.9 Å². The lowest BCUT2D eigenvalue weighted by Crippen LogP contribution is -2.33. The van der Waals surface area contributed by atoms with Gasteiger partial charge in [0, 0.05) is 29.3 Å². The second-order valence-electron chi connectivity index (χ2n) is 7.57. The molecule has 1 saturated heterocycles. The van der Waals surface area contributed by atoms with Crippen LogP contribution in [0.15, 0.2) is 80.5 Å². The molecule has 172 valence electrons. The van der Waals surface area contributed by atoms with Crippen molar-refractivity contribution in [3.63, 3.8) is 0 Å². The summed E-state index contributed by atoms with van der Waals surface area (Å²) in [7, 11) is 0. The number of aryl methyl sites for hydroxylation is 1. The van der Waals surface area contributed by atoms with E-state index in [0.717, 1.165) is 31.2 Å². The van der Waals surface area contributed by atoms with E-state index in [-0.39, 0.29) is 0 Å². The summed E-state index contributed by atoms with van der Waals surface area (Å²) in [5, 5.41) is 8.13. The molecule has 0 aliphatic carbocycles. The van der Waals surface area contributed by atoms with Crippen LogP contribution in [0.2, 0.25) is 0 Å². The minimum atomic E-state index is 0.772. The fourth-order valence-electron chi connectivity index (χ4n) is 3.63. The quantitative estimate of drug-likeness (QED) is 0.419. The molecule has 1 fully saturated rings. The number of aromatic amines is 1. The molecule has 0 atom stereocenters. The zero-order valence-electron chi connectivity index (χ0n) is 19.5. The van der Waals surface area contributed by atoms with Crippen molar-refractivity contribution < 1.29 is 4.79 Å². The summed E-state index contributed by atoms with van der Waals surface area (Å²) in [5.74, 6) is 0.772. The average molecular weight is 434 g/mol. The van der Waals surface area contributed by atoms with E-state index in [0.29, 0.717) is 0 Å². The van der Waals surface area contributed by atoms with Gasteiger partial charge in [0.15, 0.2) is 0 Å². The van der Waals surface area contributed by atoms with E-state index in [1.54, 1.807) is 0 Å². The molecule has 3 N–H and O–H groups in total. The molecular formula is C28H39N3O. The maximum absolute atomic E-state index is 8.00. The lowest BCUT2D eigenvalue weighted by Gasteiger charge is -2.23. The summed E-state index contributed by atoms with van der Waals surface area (Å²) in [4.78, 5) is 11.2. The van der Waals surface area contributed by atoms with Crippen LogP contribution in [-0.4, -0.2) is 31.4 Å². The molecule has 1 aromatic heterocycles. The lowest BCUT2D eigenvalue weighted by atomic mass is 9.98. The molecule has 0 unspecified atom stereocenters. The van der Waals surface area contributed by atoms with Crippen LogP contribution in [0.5, 0.6) is 0 Å². The third-order valence-electron chi connectivity index (χ3n) is 5.35. The molecule has 0 saturated carbocycles. The van der Waals surface area contributed by atoms with Crippen LogP contribution in [-0.2, 0) is 11.2 Å². The van der Waals surface area contributed by atoms with Gasteiger partial charge in [-0.3, -0.25) is 0 Å². The summed E-state index contributed by atoms with van der Waals surface area (Å²) in [6.45, 7) is 17.7. The van der Waals surface area contributed by atoms with Gasteiger partial charge in [-0.2, -0.15) is 0 Å². The van der Waals surface area contributed by atoms with Crippen molar-refractivity contribution >= 4 is 23.4 Å². The van der Waals surface area contributed by atoms with Crippen LogP contribution in [0.25, 0.3) is 16.6 Å². The summed E-state index contributed by atoms with van der Waals surface area (Å²) in [6.07, 6.45) is 6.94. The summed E-state index contributed by atoms with van der Waals surface area (Å²) in [6, 6.07) is 19.1. The van der Waals surface area contributed by atoms with Crippen molar-refractivity contribution in [2.24, 2.45) is 5.92 Å². The van der Waals surface area contributed by atoms with Gasteiger partial charge in [-0.25, -0.2) is 0 Å². The van der Waals surface area contributed by atoms with Crippen LogP contribution in [0.4, 0.5) is 0 Å². The summed E-state index contributed by atoms with van der Waals surface area (Å²) >= 11 is 0. The highest BCUT2D eigenvalue weighted by molar-refractivity contribution is 5.83. The number of rotatable bonds is 6. The fourth-order valence-corrected chi connectivity index (χ4v) is 3.63. The second kappa shape index (κ2) is 16.6. The molecule has 2 aromatic carbocycles. The van der Waals surface area contributed by atoms with E-state index < -0.39 is 0 Å². The van der Waals surface area contributed by atoms with Gasteiger partial charge >= 0.3 is 0 Å². The van der Waals surface area contributed by atoms with Crippen LogP contribution < -0.4 is 10.6 Å². The molecule has 32 heavy (non-hydrogen) atoms. The summed E-state index contributed by atoms with van der Waals surface area (Å²) < 4.78 is 0. The van der Waals surface area contributed by atoms with Crippen molar-refractivity contribution in [3.05, 3.63) is 91.7 Å². The van der Waals surface area contributed by atoms with Crippen LogP contribution in [0.3, 0.4) is 0 Å². The Hall–Kier alpha value is -3.11. The summed E-state index contributed by atoms with van der Waals surface area (Å²) in [5.41, 5.74) is 4.83. The first kappa shape index (κ1) is 26.9. The highest BCUT2D eigenvalue weighted by Crippen LogP contribution is 2.19. The first-order chi connectivity index (χ1) is 15.8. The van der Waals surface area contributed by atoms with E-state index in [4.69, 9.17) is 4.79 Å². The molecule has 4 rings (SSSR count). The van der Waals surface area contributed by atoms with Crippen molar-refractivity contribution in [1.29, 1.82) is 0 Å². The molecule has 0 spiro atoms. The number of nitrogens with one attached hydrogen (secondary N) is 3. The zero-order chi connectivity index (χ0) is 23.6. The molecule has 0 bridgehead atoms. The van der Waals surface area contributed by atoms with Crippen LogP contribution >= 0.6 is 0 Å². The standard InChI is InChI=1S/C16H21N3.C9H12.C2H4.CH2O/c1-12(19-11-13-4-7-17-8-5-13)14-2-3-16-15(10-14)6-9-18-16;1-2-6-9-7-4-3-5-8-9;2*1-2/h2-3,6,9-10,13,17-19H,1,4-5,7-8,11H2;3-5,7-8H,2,6H2,1H3;1-2H2;1H2. The smallest absolute Gasteiger partial charge is 0.106 e. The predicted octanol–water partition coefficient (Wildman–Crippen LogP) is 5.98. The molecule has 4 heteroatoms. The highest BCUT2D eigenvalue weighted by atomic mass is 16.1. The Morgan fingerprint density at radius 1 is 1.03 bits per heavy atom. The van der Waals surface area contributed by atoms with Crippen molar-refractivity contribution in [3.8, 4) is 0 Å². The highest BCUT2D eigenvalue weighted by Gasteiger charge is 2.12. The van der Waals surface area contributed by atoms with E-state index in [9.17, 15) is 0 Å². The molecule has 0 radical (unpaired) electrons. The van der Waals surface area contributed by atoms with Gasteiger partial charge in [0.25, 0.3) is 0 Å². The number of piperidine rings is 1. The number of benzene rings is 2. The van der Waals surface area contributed by atoms with E-state index in [1.807, 2.05) is 13.0 Å². The largest absolute Gasteiger partial charge is 0.385 e. The number of carbonyl (C=O) groups is 1. The van der Waals surface area contributed by atoms with Crippen molar-refractivity contribution in [2.75, 3.05) is 19.6 Å². The Kier molecular flexibility index (Phi) is 13.9. The third kappa shape index (κ3) is 9.36. The van der Waals surface area contributed by atoms with Crippen molar-refractivity contribution in [1.82, 2.24) is 15.6 Å². The van der Waals surface area contributed by atoms with Crippen LogP contribution in [0, 0.1) is 5.92 Å². The Bertz CT molecular complexity index is 880. The van der Waals surface area contributed by atoms with Gasteiger partial charge < -0.3 is 20.4 Å². The monoisotopic (exact) mass is 433 g/mol. The minimum Gasteiger partial charge on any atom is -0.385 e. The minimum absolute atomic E-state index is 0.772. The van der Waals surface area contributed by atoms with Gasteiger partial charge in [-0.05, 0) is 67.6 Å². The molecule has 1 aliphatic heterocycles. The molecule has 4 nitrogen and oxygen atoms in total. The average Bonchev–Trinajstić information content (AvgIpc) is 3.35. The Labute approximate surface area is 193 Å². The van der Waals surface area contributed by atoms with Gasteiger partial charge in [0.2, 0.25) is 0 Å². The first-order valence-electron chi connectivity index (χ1n) is 11.3. The van der Waals surface area contributed by atoms with Gasteiger partial charge in [-0.1, -0.05) is 56.3 Å². The Morgan fingerprint density at radius 2 is 1.72 bits per heavy atom. The number of fused-ring (bicyclic) bond motifs is 1. The first-order valence-corrected chi connectivity index (χ1v) is 11.3. The molecule has 2 heterocycles. The lowest BCUT2D eigenvalue weighted by molar-refractivity contribution is -0.0979. The van der Waals surface area contributed by atoms with E-state index >= 15 is 0 Å². The van der Waals surface area contributed by atoms with Crippen LogP contribution in [0.1, 0.15) is 37.3 Å². The Balaban J connectivity index is 0.000000332. The Morgan fingerprint density at radius 3 is 2.38 bits per heavy atom. The molecule has 0 amide bonds. The van der Waals surface area contributed by atoms with Gasteiger partial charge in [0.1, 0.15) is 6.79 Å². The number of carbonyl (C=O) groups excluding carboxylic acids is 1. The van der Waals surface area contributed by atoms with Gasteiger partial charge in [0.05, 0.1) is 0 Å². The van der Waals surface area contributed by atoms with Gasteiger partial charge in [-0.15, -0.1) is 13.2 Å². The number of H-pyrrole nitrogens is 1. The number of aromatic nitrogens is 1. The molecule has 3 aromatic rings. The molecule has 1 aliphatic rings. The normalized spacial score (nSPS) is 12.8. The van der Waals surface area contributed by atoms with Crippen molar-refractivity contribution in [2.45, 2.75) is 32.6 Å².